The van der Waals surface area contributed by atoms with E-state index < -0.39 is 0 Å². The Labute approximate surface area is 134 Å². The minimum atomic E-state index is 0.952. The zero-order chi connectivity index (χ0) is 14.5. The van der Waals surface area contributed by atoms with E-state index in [4.69, 9.17) is 0 Å². The highest BCUT2D eigenvalue weighted by Gasteiger charge is 2.13. The zero-order valence-electron chi connectivity index (χ0n) is 12.2. The van der Waals surface area contributed by atoms with Crippen molar-refractivity contribution in [3.05, 3.63) is 47.8 Å². The van der Waals surface area contributed by atoms with Crippen molar-refractivity contribution >= 4 is 29.3 Å². The van der Waals surface area contributed by atoms with Crippen molar-refractivity contribution in [1.82, 2.24) is 9.97 Å². The van der Waals surface area contributed by atoms with Crippen molar-refractivity contribution in [2.45, 2.75) is 17.7 Å². The van der Waals surface area contributed by atoms with Crippen LogP contribution in [0.5, 0.6) is 0 Å². The molecule has 3 nitrogen and oxygen atoms in total. The van der Waals surface area contributed by atoms with Crippen molar-refractivity contribution in [2.24, 2.45) is 0 Å². The molecule has 0 N–H and O–H groups in total. The second kappa shape index (κ2) is 7.18. The molecular formula is C16H19N3S2. The predicted molar refractivity (Wildman–Crippen MR) is 92.3 cm³/mol. The highest BCUT2D eigenvalue weighted by atomic mass is 32.2. The molecule has 1 aliphatic heterocycles. The van der Waals surface area contributed by atoms with Gasteiger partial charge in [0.2, 0.25) is 0 Å². The molecule has 2 heterocycles. The summed E-state index contributed by atoms with van der Waals surface area (Å²) in [5.41, 5.74) is 2.65. The molecule has 0 radical (unpaired) electrons. The van der Waals surface area contributed by atoms with Crippen LogP contribution >= 0.6 is 23.5 Å². The van der Waals surface area contributed by atoms with Crippen molar-refractivity contribution in [3.8, 4) is 0 Å². The molecule has 110 valence electrons. The molecule has 3 rings (SSSR count). The maximum absolute atomic E-state index is 4.42. The van der Waals surface area contributed by atoms with Crippen LogP contribution in [-0.2, 0) is 5.75 Å². The Balaban J connectivity index is 1.65. The number of nitrogens with zero attached hydrogens (tertiary/aromatic N) is 3. The molecule has 0 unspecified atom stereocenters. The number of aryl methyl sites for hydroxylation is 1. The predicted octanol–water partition coefficient (Wildman–Crippen LogP) is 3.63. The number of rotatable bonds is 4. The Morgan fingerprint density at radius 1 is 1.19 bits per heavy atom. The van der Waals surface area contributed by atoms with Crippen LogP contribution in [0.15, 0.2) is 41.7 Å². The van der Waals surface area contributed by atoms with Crippen LogP contribution in [0.4, 0.5) is 5.82 Å². The van der Waals surface area contributed by atoms with Gasteiger partial charge in [0.1, 0.15) is 17.2 Å². The second-order valence-corrected chi connectivity index (χ2v) is 7.31. The summed E-state index contributed by atoms with van der Waals surface area (Å²) in [6, 6.07) is 10.8. The van der Waals surface area contributed by atoms with Gasteiger partial charge in [0, 0.05) is 36.4 Å². The number of aromatic nitrogens is 2. The molecule has 21 heavy (non-hydrogen) atoms. The van der Waals surface area contributed by atoms with Crippen molar-refractivity contribution in [3.63, 3.8) is 0 Å². The van der Waals surface area contributed by atoms with Gasteiger partial charge in [-0.15, -0.1) is 11.8 Å². The summed E-state index contributed by atoms with van der Waals surface area (Å²) >= 11 is 3.79. The largest absolute Gasteiger partial charge is 0.355 e. The van der Waals surface area contributed by atoms with Gasteiger partial charge in [-0.2, -0.15) is 11.8 Å². The Morgan fingerprint density at radius 2 is 2.05 bits per heavy atom. The van der Waals surface area contributed by atoms with E-state index in [0.717, 1.165) is 29.7 Å². The van der Waals surface area contributed by atoms with Crippen LogP contribution in [0.25, 0.3) is 0 Å². The molecule has 0 aliphatic carbocycles. The highest BCUT2D eigenvalue weighted by molar-refractivity contribution is 7.99. The molecule has 1 fully saturated rings. The van der Waals surface area contributed by atoms with E-state index in [9.17, 15) is 0 Å². The van der Waals surface area contributed by atoms with Gasteiger partial charge in [-0.05, 0) is 12.5 Å². The average molecular weight is 317 g/mol. The summed E-state index contributed by atoms with van der Waals surface area (Å²) in [6.07, 6.45) is 1.69. The van der Waals surface area contributed by atoms with Crippen LogP contribution in [0.1, 0.15) is 11.1 Å². The maximum Gasteiger partial charge on any atom is 0.133 e. The zero-order valence-corrected chi connectivity index (χ0v) is 13.8. The first-order chi connectivity index (χ1) is 10.3. The Hall–Kier alpha value is -1.20. The van der Waals surface area contributed by atoms with Gasteiger partial charge in [-0.3, -0.25) is 0 Å². The molecule has 5 heteroatoms. The lowest BCUT2D eigenvalue weighted by Gasteiger charge is -2.27. The number of thioether (sulfide) groups is 2. The van der Waals surface area contributed by atoms with Crippen molar-refractivity contribution in [2.75, 3.05) is 29.5 Å². The quantitative estimate of drug-likeness (QED) is 0.634. The molecule has 1 aromatic carbocycles. The first kappa shape index (κ1) is 14.7. The summed E-state index contributed by atoms with van der Waals surface area (Å²) in [5.74, 6) is 4.40. The van der Waals surface area contributed by atoms with Gasteiger partial charge in [-0.1, -0.05) is 29.8 Å². The molecule has 0 spiro atoms. The SMILES string of the molecule is Cc1cccc(CSc2cc(N3CCSCC3)ncn2)c1. The average Bonchev–Trinajstić information content (AvgIpc) is 2.54. The Bertz CT molecular complexity index is 598. The van der Waals surface area contributed by atoms with Crippen LogP contribution in [0, 0.1) is 6.92 Å². The molecule has 1 aliphatic rings. The standard InChI is InChI=1S/C16H19N3S2/c1-13-3-2-4-14(9-13)11-21-16-10-15(17-12-18-16)19-5-7-20-8-6-19/h2-4,9-10,12H,5-8,11H2,1H3. The normalized spacial score (nSPS) is 15.2. The molecule has 0 saturated carbocycles. The third kappa shape index (κ3) is 4.14. The van der Waals surface area contributed by atoms with Gasteiger partial charge in [0.25, 0.3) is 0 Å². The smallest absolute Gasteiger partial charge is 0.133 e. The van der Waals surface area contributed by atoms with Crippen LogP contribution in [0.2, 0.25) is 0 Å². The first-order valence-electron chi connectivity index (χ1n) is 7.14. The summed E-state index contributed by atoms with van der Waals surface area (Å²) in [6.45, 7) is 4.30. The molecule has 2 aromatic rings. The van der Waals surface area contributed by atoms with Gasteiger partial charge in [0.15, 0.2) is 0 Å². The first-order valence-corrected chi connectivity index (χ1v) is 9.28. The highest BCUT2D eigenvalue weighted by Crippen LogP contribution is 2.25. The summed E-state index contributed by atoms with van der Waals surface area (Å²) < 4.78 is 0. The molecule has 0 bridgehead atoms. The summed E-state index contributed by atoms with van der Waals surface area (Å²) in [7, 11) is 0. The van der Waals surface area contributed by atoms with E-state index >= 15 is 0 Å². The van der Waals surface area contributed by atoms with E-state index in [0.29, 0.717) is 0 Å². The van der Waals surface area contributed by atoms with E-state index in [2.05, 4.69) is 52.1 Å². The molecule has 1 aromatic heterocycles. The molecule has 0 atom stereocenters. The van der Waals surface area contributed by atoms with Crippen molar-refractivity contribution < 1.29 is 0 Å². The van der Waals surface area contributed by atoms with Gasteiger partial charge in [0.05, 0.1) is 0 Å². The Kier molecular flexibility index (Phi) is 5.04. The number of hydrogen-bond donors (Lipinski definition) is 0. The fraction of sp³-hybridized carbons (Fsp3) is 0.375. The minimum absolute atomic E-state index is 0.952. The third-order valence-corrected chi connectivity index (χ3v) is 5.37. The number of anilines is 1. The lowest BCUT2D eigenvalue weighted by molar-refractivity contribution is 0.827. The monoisotopic (exact) mass is 317 g/mol. The van der Waals surface area contributed by atoms with Gasteiger partial charge < -0.3 is 4.90 Å². The van der Waals surface area contributed by atoms with Crippen molar-refractivity contribution in [1.29, 1.82) is 0 Å². The fourth-order valence-corrected chi connectivity index (χ4v) is 4.04. The molecule has 1 saturated heterocycles. The van der Waals surface area contributed by atoms with E-state index in [1.165, 1.54) is 22.6 Å². The van der Waals surface area contributed by atoms with E-state index in [1.807, 2.05) is 11.8 Å². The molecular weight excluding hydrogens is 298 g/mol. The number of benzene rings is 1. The van der Waals surface area contributed by atoms with Gasteiger partial charge in [-0.25, -0.2) is 9.97 Å². The second-order valence-electron chi connectivity index (χ2n) is 5.09. The maximum atomic E-state index is 4.42. The lowest BCUT2D eigenvalue weighted by Crippen LogP contribution is -2.33. The van der Waals surface area contributed by atoms with Crippen LogP contribution < -0.4 is 4.90 Å². The lowest BCUT2D eigenvalue weighted by atomic mass is 10.2. The van der Waals surface area contributed by atoms with Crippen LogP contribution in [-0.4, -0.2) is 34.6 Å². The van der Waals surface area contributed by atoms with E-state index in [1.54, 1.807) is 18.1 Å². The minimum Gasteiger partial charge on any atom is -0.355 e. The fourth-order valence-electron chi connectivity index (χ4n) is 2.33. The van der Waals surface area contributed by atoms with E-state index in [-0.39, 0.29) is 0 Å². The number of hydrogen-bond acceptors (Lipinski definition) is 5. The summed E-state index contributed by atoms with van der Waals surface area (Å²) in [4.78, 5) is 11.2. The topological polar surface area (TPSA) is 29.0 Å². The third-order valence-electron chi connectivity index (χ3n) is 3.43. The van der Waals surface area contributed by atoms with Gasteiger partial charge >= 0.3 is 0 Å². The molecule has 0 amide bonds. The Morgan fingerprint density at radius 3 is 2.86 bits per heavy atom. The van der Waals surface area contributed by atoms with Crippen LogP contribution in [0.3, 0.4) is 0 Å². The summed E-state index contributed by atoms with van der Waals surface area (Å²) in [5, 5.41) is 1.06.